The van der Waals surface area contributed by atoms with Crippen LogP contribution in [0.2, 0.25) is 0 Å². The highest BCUT2D eigenvalue weighted by atomic mass is 16.2. The van der Waals surface area contributed by atoms with E-state index in [0.29, 0.717) is 19.0 Å². The van der Waals surface area contributed by atoms with Crippen molar-refractivity contribution in [2.45, 2.75) is 27.2 Å². The van der Waals surface area contributed by atoms with Gasteiger partial charge in [-0.05, 0) is 44.0 Å². The van der Waals surface area contributed by atoms with E-state index >= 15 is 0 Å². The van der Waals surface area contributed by atoms with Crippen LogP contribution >= 0.6 is 0 Å². The molecule has 0 aliphatic carbocycles. The minimum Gasteiger partial charge on any atom is -0.352 e. The van der Waals surface area contributed by atoms with Crippen molar-refractivity contribution in [3.63, 3.8) is 0 Å². The number of nitrogens with zero attached hydrogens (tertiary/aromatic N) is 2. The predicted molar refractivity (Wildman–Crippen MR) is 123 cm³/mol. The van der Waals surface area contributed by atoms with E-state index < -0.39 is 0 Å². The molecule has 7 nitrogen and oxygen atoms in total. The number of carbonyl (C=O) groups excluding carboxylic acids is 1. The maximum absolute atomic E-state index is 12.1. The molecule has 1 aromatic heterocycles. The fraction of sp³-hybridized carbons (Fsp3) is 0.261. The van der Waals surface area contributed by atoms with E-state index in [4.69, 9.17) is 0 Å². The van der Waals surface area contributed by atoms with Crippen molar-refractivity contribution in [2.24, 2.45) is 0 Å². The Morgan fingerprint density at radius 3 is 2.50 bits per heavy atom. The molecule has 4 N–H and O–H groups in total. The number of rotatable bonds is 8. The Kier molecular flexibility index (Phi) is 7.21. The lowest BCUT2D eigenvalue weighted by Crippen LogP contribution is -2.33. The number of aromatic nitrogens is 2. The SMILES string of the molecule is CCc1ccccc1NC(=O)NCCNc1nc(C)cc(Nc2ccc(C)cc2)n1. The lowest BCUT2D eigenvalue weighted by atomic mass is 10.1. The van der Waals surface area contributed by atoms with Crippen LogP contribution in [0.4, 0.5) is 27.9 Å². The van der Waals surface area contributed by atoms with Crippen LogP contribution in [0, 0.1) is 13.8 Å². The van der Waals surface area contributed by atoms with Gasteiger partial charge in [0.1, 0.15) is 5.82 Å². The number of benzene rings is 2. The smallest absolute Gasteiger partial charge is 0.319 e. The molecular formula is C23H28N6O. The van der Waals surface area contributed by atoms with Gasteiger partial charge in [-0.2, -0.15) is 4.98 Å². The average Bonchev–Trinajstić information content (AvgIpc) is 2.73. The first-order valence-electron chi connectivity index (χ1n) is 10.1. The van der Waals surface area contributed by atoms with E-state index in [1.807, 2.05) is 61.5 Å². The van der Waals surface area contributed by atoms with Gasteiger partial charge in [-0.15, -0.1) is 0 Å². The molecule has 0 spiro atoms. The van der Waals surface area contributed by atoms with Crippen molar-refractivity contribution >= 4 is 29.2 Å². The summed E-state index contributed by atoms with van der Waals surface area (Å²) in [5, 5.41) is 12.2. The minimum atomic E-state index is -0.232. The summed E-state index contributed by atoms with van der Waals surface area (Å²) in [6.45, 7) is 6.99. The quantitative estimate of drug-likeness (QED) is 0.411. The maximum atomic E-state index is 12.1. The Morgan fingerprint density at radius 1 is 0.967 bits per heavy atom. The second-order valence-corrected chi connectivity index (χ2v) is 7.03. The monoisotopic (exact) mass is 404 g/mol. The van der Waals surface area contributed by atoms with Crippen LogP contribution in [-0.4, -0.2) is 29.1 Å². The van der Waals surface area contributed by atoms with Crippen molar-refractivity contribution < 1.29 is 4.79 Å². The van der Waals surface area contributed by atoms with Crippen molar-refractivity contribution in [1.82, 2.24) is 15.3 Å². The third kappa shape index (κ3) is 6.20. The van der Waals surface area contributed by atoms with Crippen LogP contribution in [0.1, 0.15) is 23.7 Å². The van der Waals surface area contributed by atoms with Gasteiger partial charge in [0.25, 0.3) is 0 Å². The van der Waals surface area contributed by atoms with E-state index in [1.165, 1.54) is 5.56 Å². The number of urea groups is 1. The van der Waals surface area contributed by atoms with E-state index in [0.717, 1.165) is 34.9 Å². The molecule has 0 saturated carbocycles. The Hall–Kier alpha value is -3.61. The van der Waals surface area contributed by atoms with Crippen LogP contribution in [0.15, 0.2) is 54.6 Å². The number of para-hydroxylation sites is 1. The minimum absolute atomic E-state index is 0.232. The van der Waals surface area contributed by atoms with E-state index in [-0.39, 0.29) is 6.03 Å². The highest BCUT2D eigenvalue weighted by molar-refractivity contribution is 5.90. The lowest BCUT2D eigenvalue weighted by molar-refractivity contribution is 0.252. The number of amides is 2. The molecule has 1 heterocycles. The molecule has 0 unspecified atom stereocenters. The van der Waals surface area contributed by atoms with E-state index in [1.54, 1.807) is 0 Å². The number of aryl methyl sites for hydroxylation is 3. The van der Waals surface area contributed by atoms with E-state index in [2.05, 4.69) is 45.1 Å². The Bertz CT molecular complexity index is 987. The van der Waals surface area contributed by atoms with E-state index in [9.17, 15) is 4.79 Å². The fourth-order valence-corrected chi connectivity index (χ4v) is 2.96. The first kappa shape index (κ1) is 21.1. The Labute approximate surface area is 177 Å². The Balaban J connectivity index is 1.49. The second kappa shape index (κ2) is 10.2. The summed E-state index contributed by atoms with van der Waals surface area (Å²) >= 11 is 0. The first-order valence-corrected chi connectivity index (χ1v) is 10.1. The third-order valence-electron chi connectivity index (χ3n) is 4.52. The van der Waals surface area contributed by atoms with Crippen molar-refractivity contribution in [2.75, 3.05) is 29.0 Å². The zero-order valence-corrected chi connectivity index (χ0v) is 17.6. The average molecular weight is 405 g/mol. The molecule has 0 aliphatic heterocycles. The molecule has 0 fully saturated rings. The maximum Gasteiger partial charge on any atom is 0.319 e. The van der Waals surface area contributed by atoms with Gasteiger partial charge >= 0.3 is 6.03 Å². The second-order valence-electron chi connectivity index (χ2n) is 7.03. The largest absolute Gasteiger partial charge is 0.352 e. The van der Waals surface area contributed by atoms with Gasteiger partial charge < -0.3 is 21.3 Å². The molecular weight excluding hydrogens is 376 g/mol. The molecule has 7 heteroatoms. The molecule has 0 atom stereocenters. The summed E-state index contributed by atoms with van der Waals surface area (Å²) in [5.74, 6) is 1.24. The summed E-state index contributed by atoms with van der Waals surface area (Å²) in [5.41, 5.74) is 4.96. The molecule has 0 radical (unpaired) electrons. The predicted octanol–water partition coefficient (Wildman–Crippen LogP) is 4.63. The molecule has 2 amide bonds. The van der Waals surface area contributed by atoms with Gasteiger partial charge in [0, 0.05) is 36.2 Å². The van der Waals surface area contributed by atoms with Gasteiger partial charge in [0.05, 0.1) is 0 Å². The van der Waals surface area contributed by atoms with Crippen LogP contribution in [0.5, 0.6) is 0 Å². The number of anilines is 4. The highest BCUT2D eigenvalue weighted by Crippen LogP contribution is 2.17. The molecule has 2 aromatic carbocycles. The van der Waals surface area contributed by atoms with Crippen molar-refractivity contribution in [3.8, 4) is 0 Å². The molecule has 0 saturated heterocycles. The fourth-order valence-electron chi connectivity index (χ4n) is 2.96. The van der Waals surface area contributed by atoms with Crippen molar-refractivity contribution in [3.05, 3.63) is 71.4 Å². The number of hydrogen-bond acceptors (Lipinski definition) is 5. The van der Waals surface area contributed by atoms with Crippen LogP contribution in [0.25, 0.3) is 0 Å². The number of hydrogen-bond donors (Lipinski definition) is 4. The normalized spacial score (nSPS) is 10.4. The summed E-state index contributed by atoms with van der Waals surface area (Å²) in [6.07, 6.45) is 0.863. The first-order chi connectivity index (χ1) is 14.5. The third-order valence-corrected chi connectivity index (χ3v) is 4.52. The van der Waals surface area contributed by atoms with Crippen LogP contribution < -0.4 is 21.3 Å². The molecule has 3 rings (SSSR count). The molecule has 30 heavy (non-hydrogen) atoms. The van der Waals surface area contributed by atoms with Gasteiger partial charge in [-0.1, -0.05) is 42.8 Å². The molecule has 3 aromatic rings. The van der Waals surface area contributed by atoms with Gasteiger partial charge in [0.2, 0.25) is 5.95 Å². The number of carbonyl (C=O) groups is 1. The van der Waals surface area contributed by atoms with Crippen LogP contribution in [0.3, 0.4) is 0 Å². The molecule has 156 valence electrons. The number of nitrogens with one attached hydrogen (secondary N) is 4. The Morgan fingerprint density at radius 2 is 1.73 bits per heavy atom. The van der Waals surface area contributed by atoms with Gasteiger partial charge in [-0.3, -0.25) is 0 Å². The molecule has 0 aliphatic rings. The summed E-state index contributed by atoms with van der Waals surface area (Å²) in [7, 11) is 0. The standard InChI is InChI=1S/C23H28N6O/c1-4-18-7-5-6-8-20(18)28-23(30)25-14-13-24-22-26-17(3)15-21(29-22)27-19-11-9-16(2)10-12-19/h5-12,15H,4,13-14H2,1-3H3,(H2,25,28,30)(H2,24,26,27,29). The summed E-state index contributed by atoms with van der Waals surface area (Å²) < 4.78 is 0. The highest BCUT2D eigenvalue weighted by Gasteiger charge is 2.06. The van der Waals surface area contributed by atoms with Crippen molar-refractivity contribution in [1.29, 1.82) is 0 Å². The van der Waals surface area contributed by atoms with Gasteiger partial charge in [-0.25, -0.2) is 9.78 Å². The zero-order valence-electron chi connectivity index (χ0n) is 17.6. The van der Waals surface area contributed by atoms with Crippen LogP contribution in [-0.2, 0) is 6.42 Å². The molecule has 0 bridgehead atoms. The van der Waals surface area contributed by atoms with Gasteiger partial charge in [0.15, 0.2) is 0 Å². The summed E-state index contributed by atoms with van der Waals surface area (Å²) in [4.78, 5) is 21.0. The lowest BCUT2D eigenvalue weighted by Gasteiger charge is -2.12. The zero-order chi connectivity index (χ0) is 21.3. The topological polar surface area (TPSA) is 91.0 Å². The summed E-state index contributed by atoms with van der Waals surface area (Å²) in [6, 6.07) is 17.6.